The summed E-state index contributed by atoms with van der Waals surface area (Å²) in [6.07, 6.45) is 0. The Balaban J connectivity index is 0.00000210. The van der Waals surface area contributed by atoms with Crippen LogP contribution in [-0.4, -0.2) is 44.0 Å². The largest absolute Gasteiger partial charge is 0.369 e. The van der Waals surface area contributed by atoms with Crippen LogP contribution < -0.4 is 10.2 Å². The summed E-state index contributed by atoms with van der Waals surface area (Å²) in [6.45, 7) is 4.20. The predicted molar refractivity (Wildman–Crippen MR) is 118 cm³/mol. The maximum atomic E-state index is 12.6. The number of carbonyl (C=O) groups is 1. The Hall–Kier alpha value is -1.79. The van der Waals surface area contributed by atoms with E-state index in [9.17, 15) is 4.79 Å². The summed E-state index contributed by atoms with van der Waals surface area (Å²) in [4.78, 5) is 17.9. The third-order valence-electron chi connectivity index (χ3n) is 4.73. The van der Waals surface area contributed by atoms with Gasteiger partial charge >= 0.3 is 0 Å². The molecule has 0 atom stereocenters. The summed E-state index contributed by atoms with van der Waals surface area (Å²) in [6, 6.07) is 15.8. The molecule has 0 bridgehead atoms. The summed E-state index contributed by atoms with van der Waals surface area (Å²) in [5.41, 5.74) is 1.97. The van der Waals surface area contributed by atoms with Crippen molar-refractivity contribution in [1.82, 2.24) is 4.90 Å². The van der Waals surface area contributed by atoms with Crippen molar-refractivity contribution in [1.29, 1.82) is 0 Å². The van der Waals surface area contributed by atoms with E-state index in [1.54, 1.807) is 0 Å². The fourth-order valence-corrected chi connectivity index (χ4v) is 4.58. The Morgan fingerprint density at radius 2 is 1.70 bits per heavy atom. The number of hydrogen-bond acceptors (Lipinski definition) is 4. The highest BCUT2D eigenvalue weighted by Gasteiger charge is 2.18. The van der Waals surface area contributed by atoms with Crippen LogP contribution in [0.4, 0.5) is 11.4 Å². The van der Waals surface area contributed by atoms with Crippen LogP contribution in [-0.2, 0) is 0 Å². The molecule has 0 saturated carbocycles. The molecule has 1 aliphatic rings. The first-order valence-electron chi connectivity index (χ1n) is 8.64. The first-order valence-corrected chi connectivity index (χ1v) is 9.83. The molecule has 1 saturated heterocycles. The first kappa shape index (κ1) is 20.0. The van der Waals surface area contributed by atoms with Gasteiger partial charge in [-0.25, -0.2) is 0 Å². The quantitative estimate of drug-likeness (QED) is 0.647. The van der Waals surface area contributed by atoms with Gasteiger partial charge in [-0.05, 0) is 37.4 Å². The smallest absolute Gasteiger partial charge is 0.267 e. The lowest BCUT2D eigenvalue weighted by atomic mass is 10.2. The van der Waals surface area contributed by atoms with E-state index in [4.69, 9.17) is 11.6 Å². The topological polar surface area (TPSA) is 35.6 Å². The van der Waals surface area contributed by atoms with Crippen molar-refractivity contribution in [2.24, 2.45) is 0 Å². The van der Waals surface area contributed by atoms with E-state index in [0.717, 1.165) is 42.0 Å². The monoisotopic (exact) mass is 421 g/mol. The van der Waals surface area contributed by atoms with Gasteiger partial charge in [-0.1, -0.05) is 29.8 Å². The maximum absolute atomic E-state index is 12.6. The molecule has 0 spiro atoms. The Morgan fingerprint density at radius 3 is 2.37 bits per heavy atom. The average Bonchev–Trinajstić information content (AvgIpc) is 3.00. The molecule has 4 rings (SSSR count). The Bertz CT molecular complexity index is 934. The number of nitrogens with zero attached hydrogens (tertiary/aromatic N) is 2. The van der Waals surface area contributed by atoms with Crippen molar-refractivity contribution in [3.63, 3.8) is 0 Å². The summed E-state index contributed by atoms with van der Waals surface area (Å²) in [5.74, 6) is -0.163. The molecule has 1 N–H and O–H groups in total. The Kier molecular flexibility index (Phi) is 6.27. The van der Waals surface area contributed by atoms with Crippen molar-refractivity contribution in [2.45, 2.75) is 0 Å². The highest BCUT2D eigenvalue weighted by molar-refractivity contribution is 7.21. The van der Waals surface area contributed by atoms with Gasteiger partial charge in [0, 0.05) is 47.6 Å². The Morgan fingerprint density at radius 1 is 1.04 bits per heavy atom. The molecule has 1 aliphatic heterocycles. The second-order valence-electron chi connectivity index (χ2n) is 6.53. The number of likely N-dealkylation sites (N-methyl/N-ethyl adjacent to an activating group) is 1. The Labute approximate surface area is 174 Å². The number of anilines is 2. The van der Waals surface area contributed by atoms with E-state index in [1.165, 1.54) is 17.0 Å². The number of piperazine rings is 1. The number of thiophene rings is 1. The molecule has 142 valence electrons. The normalized spacial score (nSPS) is 14.8. The van der Waals surface area contributed by atoms with Gasteiger partial charge in [-0.2, -0.15) is 0 Å². The standard InChI is InChI=1S/C20H20ClN3OS.ClH/c1-23-10-12-24(13-11-23)15-8-6-14(7-9-15)22-20(25)19-18(21)16-4-2-3-5-17(16)26-19;/h2-9H,10-13H2,1H3,(H,22,25);1H. The van der Waals surface area contributed by atoms with Crippen LogP contribution in [0.15, 0.2) is 48.5 Å². The van der Waals surface area contributed by atoms with E-state index in [2.05, 4.69) is 34.3 Å². The lowest BCUT2D eigenvalue weighted by molar-refractivity contribution is 0.103. The highest BCUT2D eigenvalue weighted by atomic mass is 35.5. The van der Waals surface area contributed by atoms with E-state index in [-0.39, 0.29) is 18.3 Å². The third-order valence-corrected chi connectivity index (χ3v) is 6.41. The van der Waals surface area contributed by atoms with Gasteiger partial charge in [0.1, 0.15) is 4.88 Å². The van der Waals surface area contributed by atoms with Crippen LogP contribution in [0.3, 0.4) is 0 Å². The zero-order valence-corrected chi connectivity index (χ0v) is 17.3. The maximum Gasteiger partial charge on any atom is 0.267 e. The molecule has 1 fully saturated rings. The molecule has 2 heterocycles. The lowest BCUT2D eigenvalue weighted by Gasteiger charge is -2.34. The van der Waals surface area contributed by atoms with Gasteiger partial charge in [-0.3, -0.25) is 4.79 Å². The molecule has 0 aliphatic carbocycles. The number of halogens is 2. The fraction of sp³-hybridized carbons (Fsp3) is 0.250. The number of amides is 1. The molecule has 3 aromatic rings. The van der Waals surface area contributed by atoms with Crippen LogP contribution in [0, 0.1) is 0 Å². The number of benzene rings is 2. The van der Waals surface area contributed by atoms with Crippen LogP contribution in [0.1, 0.15) is 9.67 Å². The molecule has 2 aromatic carbocycles. The SMILES string of the molecule is CN1CCN(c2ccc(NC(=O)c3sc4ccccc4c3Cl)cc2)CC1.Cl. The number of nitrogens with one attached hydrogen (secondary N) is 1. The highest BCUT2D eigenvalue weighted by Crippen LogP contribution is 2.35. The van der Waals surface area contributed by atoms with Gasteiger partial charge in [0.05, 0.1) is 5.02 Å². The van der Waals surface area contributed by atoms with Gasteiger partial charge in [0.15, 0.2) is 0 Å². The number of rotatable bonds is 3. The van der Waals surface area contributed by atoms with E-state index in [1.807, 2.05) is 36.4 Å². The minimum absolute atomic E-state index is 0. The molecule has 7 heteroatoms. The molecule has 0 unspecified atom stereocenters. The summed E-state index contributed by atoms with van der Waals surface area (Å²) in [7, 11) is 2.15. The van der Waals surface area contributed by atoms with Gasteiger partial charge < -0.3 is 15.1 Å². The summed E-state index contributed by atoms with van der Waals surface area (Å²) >= 11 is 7.82. The van der Waals surface area contributed by atoms with Crippen molar-refractivity contribution in [2.75, 3.05) is 43.4 Å². The number of carbonyl (C=O) groups excluding carboxylic acids is 1. The van der Waals surface area contributed by atoms with E-state index >= 15 is 0 Å². The van der Waals surface area contributed by atoms with E-state index < -0.39 is 0 Å². The molecule has 4 nitrogen and oxygen atoms in total. The second-order valence-corrected chi connectivity index (χ2v) is 7.96. The fourth-order valence-electron chi connectivity index (χ4n) is 3.17. The molecular formula is C20H21Cl2N3OS. The lowest BCUT2D eigenvalue weighted by Crippen LogP contribution is -2.44. The van der Waals surface area contributed by atoms with Gasteiger partial charge in [-0.15, -0.1) is 23.7 Å². The summed E-state index contributed by atoms with van der Waals surface area (Å²) in [5, 5.41) is 4.41. The van der Waals surface area contributed by atoms with E-state index in [0.29, 0.717) is 9.90 Å². The summed E-state index contributed by atoms with van der Waals surface area (Å²) < 4.78 is 1.02. The van der Waals surface area contributed by atoms with Crippen molar-refractivity contribution >= 4 is 62.7 Å². The zero-order valence-electron chi connectivity index (χ0n) is 14.9. The average molecular weight is 422 g/mol. The minimum Gasteiger partial charge on any atom is -0.369 e. The first-order chi connectivity index (χ1) is 12.6. The molecular weight excluding hydrogens is 401 g/mol. The third kappa shape index (κ3) is 4.22. The molecule has 1 amide bonds. The van der Waals surface area contributed by atoms with Gasteiger partial charge in [0.2, 0.25) is 0 Å². The second kappa shape index (κ2) is 8.48. The number of fused-ring (bicyclic) bond motifs is 1. The van der Waals surface area contributed by atoms with Gasteiger partial charge in [0.25, 0.3) is 5.91 Å². The zero-order chi connectivity index (χ0) is 18.1. The van der Waals surface area contributed by atoms with Crippen molar-refractivity contribution in [3.05, 3.63) is 58.4 Å². The minimum atomic E-state index is -0.163. The van der Waals surface area contributed by atoms with Crippen LogP contribution in [0.2, 0.25) is 5.02 Å². The van der Waals surface area contributed by atoms with Crippen molar-refractivity contribution < 1.29 is 4.79 Å². The van der Waals surface area contributed by atoms with Crippen LogP contribution in [0.25, 0.3) is 10.1 Å². The van der Waals surface area contributed by atoms with Crippen LogP contribution >= 0.6 is 35.3 Å². The molecule has 0 radical (unpaired) electrons. The molecule has 1 aromatic heterocycles. The van der Waals surface area contributed by atoms with Crippen molar-refractivity contribution in [3.8, 4) is 0 Å². The molecule has 27 heavy (non-hydrogen) atoms. The number of hydrogen-bond donors (Lipinski definition) is 1. The predicted octanol–water partition coefficient (Wildman–Crippen LogP) is 4.98. The van der Waals surface area contributed by atoms with Crippen LogP contribution in [0.5, 0.6) is 0 Å².